The van der Waals surface area contributed by atoms with E-state index in [0.29, 0.717) is 17.7 Å². The Kier molecular flexibility index (Phi) is 3.04. The molecule has 0 spiro atoms. The number of carboxylic acid groups (broad SMARTS) is 1. The number of nitrogens with zero attached hydrogens (tertiary/aromatic N) is 1. The van der Waals surface area contributed by atoms with Gasteiger partial charge in [-0.05, 0) is 43.9 Å². The summed E-state index contributed by atoms with van der Waals surface area (Å²) in [7, 11) is 0. The smallest absolute Gasteiger partial charge is 0.306 e. The van der Waals surface area contributed by atoms with Crippen molar-refractivity contribution in [1.29, 1.82) is 0 Å². The molecule has 0 aromatic carbocycles. The molecule has 1 aliphatic heterocycles. The number of hydrogen-bond donors (Lipinski definition) is 1. The van der Waals surface area contributed by atoms with Crippen LogP contribution in [-0.4, -0.2) is 35.0 Å². The summed E-state index contributed by atoms with van der Waals surface area (Å²) in [4.78, 5) is 25.3. The third kappa shape index (κ3) is 2.13. The second-order valence-corrected chi connectivity index (χ2v) is 6.35. The summed E-state index contributed by atoms with van der Waals surface area (Å²) < 4.78 is 0. The largest absolute Gasteiger partial charge is 0.481 e. The maximum absolute atomic E-state index is 12.2. The molecular weight excluding hydrogens is 230 g/mol. The minimum Gasteiger partial charge on any atom is -0.481 e. The van der Waals surface area contributed by atoms with Gasteiger partial charge < -0.3 is 10.0 Å². The third-order valence-electron chi connectivity index (χ3n) is 4.97. The lowest BCUT2D eigenvalue weighted by Crippen LogP contribution is -2.50. The van der Waals surface area contributed by atoms with Crippen LogP contribution in [0.4, 0.5) is 0 Å². The third-order valence-corrected chi connectivity index (χ3v) is 4.97. The van der Waals surface area contributed by atoms with Crippen molar-refractivity contribution in [2.75, 3.05) is 13.1 Å². The first-order chi connectivity index (χ1) is 8.63. The van der Waals surface area contributed by atoms with E-state index in [1.807, 2.05) is 4.90 Å². The second kappa shape index (κ2) is 4.56. The molecule has 2 saturated carbocycles. The molecule has 1 N–H and O–H groups in total. The van der Waals surface area contributed by atoms with Crippen LogP contribution in [0.3, 0.4) is 0 Å². The monoisotopic (exact) mass is 251 g/mol. The molecule has 3 rings (SSSR count). The Balaban J connectivity index is 1.63. The van der Waals surface area contributed by atoms with Gasteiger partial charge in [-0.2, -0.15) is 0 Å². The number of amides is 1. The van der Waals surface area contributed by atoms with Crippen molar-refractivity contribution in [1.82, 2.24) is 4.90 Å². The van der Waals surface area contributed by atoms with Gasteiger partial charge in [0.2, 0.25) is 5.91 Å². The Hall–Kier alpha value is -1.06. The van der Waals surface area contributed by atoms with Gasteiger partial charge in [-0.1, -0.05) is 6.42 Å². The fourth-order valence-electron chi connectivity index (χ4n) is 3.86. The number of carboxylic acids is 1. The summed E-state index contributed by atoms with van der Waals surface area (Å²) in [6.45, 7) is 1.60. The highest BCUT2D eigenvalue weighted by Gasteiger charge is 2.40. The minimum absolute atomic E-state index is 0.172. The van der Waals surface area contributed by atoms with Crippen LogP contribution >= 0.6 is 0 Å². The molecule has 2 bridgehead atoms. The molecule has 3 fully saturated rings. The summed E-state index contributed by atoms with van der Waals surface area (Å²) in [5.74, 6) is 0.632. The van der Waals surface area contributed by atoms with Crippen molar-refractivity contribution in [2.45, 2.75) is 38.5 Å². The van der Waals surface area contributed by atoms with E-state index in [0.717, 1.165) is 45.2 Å². The number of piperidine rings is 1. The molecule has 0 aromatic rings. The maximum atomic E-state index is 12.2. The summed E-state index contributed by atoms with van der Waals surface area (Å²) in [6, 6.07) is 0. The summed E-state index contributed by atoms with van der Waals surface area (Å²) in [5.41, 5.74) is 0. The molecule has 2 atom stereocenters. The lowest BCUT2D eigenvalue weighted by molar-refractivity contribution is -0.148. The second-order valence-electron chi connectivity index (χ2n) is 6.35. The highest BCUT2D eigenvalue weighted by molar-refractivity contribution is 5.79. The van der Waals surface area contributed by atoms with E-state index in [2.05, 4.69) is 0 Å². The Morgan fingerprint density at radius 1 is 0.944 bits per heavy atom. The molecule has 2 aliphatic carbocycles. The van der Waals surface area contributed by atoms with Crippen LogP contribution in [0.2, 0.25) is 0 Å². The summed E-state index contributed by atoms with van der Waals surface area (Å²) in [5, 5.41) is 9.12. The van der Waals surface area contributed by atoms with Crippen molar-refractivity contribution in [3.05, 3.63) is 0 Å². The van der Waals surface area contributed by atoms with Crippen molar-refractivity contribution in [3.63, 3.8) is 0 Å². The highest BCUT2D eigenvalue weighted by atomic mass is 16.4. The Bertz CT molecular complexity index is 350. The number of rotatable bonds is 2. The van der Waals surface area contributed by atoms with Gasteiger partial charge in [0.25, 0.3) is 0 Å². The molecule has 1 heterocycles. The molecular formula is C14H21NO3. The zero-order valence-electron chi connectivity index (χ0n) is 10.7. The number of aliphatic carboxylic acids is 1. The van der Waals surface area contributed by atoms with E-state index >= 15 is 0 Å². The predicted molar refractivity (Wildman–Crippen MR) is 65.9 cm³/mol. The number of likely N-dealkylation sites (tertiary alicyclic amines) is 1. The van der Waals surface area contributed by atoms with E-state index < -0.39 is 5.97 Å². The van der Waals surface area contributed by atoms with E-state index in [1.54, 1.807) is 0 Å². The van der Waals surface area contributed by atoms with Crippen LogP contribution in [0, 0.1) is 23.7 Å². The molecule has 4 nitrogen and oxygen atoms in total. The first kappa shape index (κ1) is 12.0. The fourth-order valence-corrected chi connectivity index (χ4v) is 3.86. The number of carbonyl (C=O) groups is 2. The lowest BCUT2D eigenvalue weighted by Gasteiger charge is -2.45. The predicted octanol–water partition coefficient (Wildman–Crippen LogP) is 1.75. The van der Waals surface area contributed by atoms with Gasteiger partial charge >= 0.3 is 5.97 Å². The van der Waals surface area contributed by atoms with Crippen molar-refractivity contribution < 1.29 is 14.7 Å². The van der Waals surface area contributed by atoms with Gasteiger partial charge in [0.05, 0.1) is 5.92 Å². The van der Waals surface area contributed by atoms with Gasteiger partial charge in [-0.3, -0.25) is 9.59 Å². The van der Waals surface area contributed by atoms with Crippen LogP contribution < -0.4 is 0 Å². The number of hydrogen-bond acceptors (Lipinski definition) is 2. The zero-order valence-corrected chi connectivity index (χ0v) is 10.7. The summed E-state index contributed by atoms with van der Waals surface area (Å²) in [6.07, 6.45) is 5.96. The highest BCUT2D eigenvalue weighted by Crippen LogP contribution is 2.39. The Morgan fingerprint density at radius 3 is 2.00 bits per heavy atom. The first-order valence-corrected chi connectivity index (χ1v) is 7.15. The van der Waals surface area contributed by atoms with Crippen LogP contribution in [0.1, 0.15) is 38.5 Å². The molecule has 0 aromatic heterocycles. The van der Waals surface area contributed by atoms with E-state index in [-0.39, 0.29) is 11.8 Å². The van der Waals surface area contributed by atoms with Crippen LogP contribution in [0.5, 0.6) is 0 Å². The van der Waals surface area contributed by atoms with Gasteiger partial charge in [-0.25, -0.2) is 0 Å². The Morgan fingerprint density at radius 2 is 1.56 bits per heavy atom. The molecule has 0 radical (unpaired) electrons. The number of fused-ring (bicyclic) bond motifs is 2. The van der Waals surface area contributed by atoms with E-state index in [1.165, 1.54) is 6.42 Å². The zero-order chi connectivity index (χ0) is 12.7. The Labute approximate surface area is 107 Å². The van der Waals surface area contributed by atoms with E-state index in [4.69, 9.17) is 5.11 Å². The fraction of sp³-hybridized carbons (Fsp3) is 0.857. The molecule has 3 aliphatic rings. The van der Waals surface area contributed by atoms with Crippen molar-refractivity contribution in [2.24, 2.45) is 23.7 Å². The lowest BCUT2D eigenvalue weighted by atomic mass is 9.72. The molecule has 18 heavy (non-hydrogen) atoms. The van der Waals surface area contributed by atoms with Crippen LogP contribution in [-0.2, 0) is 9.59 Å². The topological polar surface area (TPSA) is 57.6 Å². The quantitative estimate of drug-likeness (QED) is 0.813. The van der Waals surface area contributed by atoms with Crippen molar-refractivity contribution in [3.8, 4) is 0 Å². The van der Waals surface area contributed by atoms with Gasteiger partial charge in [0.15, 0.2) is 0 Å². The molecule has 1 saturated heterocycles. The standard InChI is InChI=1S/C14H21NO3/c16-13(11-2-1-3-11)15-7-9-4-10(8-15)6-12(5-9)14(17)18/h9-12H,1-8H2,(H,17,18). The molecule has 2 unspecified atom stereocenters. The van der Waals surface area contributed by atoms with Gasteiger partial charge in [0.1, 0.15) is 0 Å². The maximum Gasteiger partial charge on any atom is 0.306 e. The average Bonchev–Trinajstić information content (AvgIpc) is 2.25. The average molecular weight is 251 g/mol. The van der Waals surface area contributed by atoms with Crippen molar-refractivity contribution >= 4 is 11.9 Å². The summed E-state index contributed by atoms with van der Waals surface area (Å²) >= 11 is 0. The minimum atomic E-state index is -0.650. The van der Waals surface area contributed by atoms with Crippen LogP contribution in [0.25, 0.3) is 0 Å². The van der Waals surface area contributed by atoms with Crippen LogP contribution in [0.15, 0.2) is 0 Å². The first-order valence-electron chi connectivity index (χ1n) is 7.15. The molecule has 100 valence electrons. The SMILES string of the molecule is O=C(O)C1CC2CC(C1)CN(C(=O)C1CCC1)C2. The number of carbonyl (C=O) groups excluding carboxylic acids is 1. The van der Waals surface area contributed by atoms with E-state index in [9.17, 15) is 9.59 Å². The van der Waals surface area contributed by atoms with Gasteiger partial charge in [0, 0.05) is 19.0 Å². The molecule has 1 amide bonds. The van der Waals surface area contributed by atoms with Gasteiger partial charge in [-0.15, -0.1) is 0 Å². The molecule has 4 heteroatoms. The normalized spacial score (nSPS) is 36.0.